The van der Waals surface area contributed by atoms with Gasteiger partial charge in [-0.3, -0.25) is 4.79 Å². The van der Waals surface area contributed by atoms with Crippen molar-refractivity contribution in [3.8, 4) is 0 Å². The Hall–Kier alpha value is -2.15. The van der Waals surface area contributed by atoms with E-state index in [1.54, 1.807) is 0 Å². The Labute approximate surface area is 187 Å². The summed E-state index contributed by atoms with van der Waals surface area (Å²) in [6, 6.07) is 11.6. The molecule has 0 saturated carbocycles. The molecule has 0 aliphatic carbocycles. The van der Waals surface area contributed by atoms with E-state index in [4.69, 9.17) is 9.47 Å². The molecule has 0 unspecified atom stereocenters. The summed E-state index contributed by atoms with van der Waals surface area (Å²) in [6.45, 7) is 2.29. The van der Waals surface area contributed by atoms with Gasteiger partial charge in [0.1, 0.15) is 0 Å². The van der Waals surface area contributed by atoms with Crippen molar-refractivity contribution in [2.45, 2.75) is 9.79 Å². The monoisotopic (exact) mass is 480 g/mol. The molecule has 2 saturated heterocycles. The number of morpholine rings is 2. The Morgan fingerprint density at radius 2 is 1.03 bits per heavy atom. The van der Waals surface area contributed by atoms with Crippen LogP contribution in [-0.2, 0) is 29.5 Å². The van der Waals surface area contributed by atoms with E-state index < -0.39 is 25.8 Å². The normalized spacial score (nSPS) is 19.0. The molecule has 4 rings (SSSR count). The van der Waals surface area contributed by atoms with E-state index >= 15 is 0 Å². The summed E-state index contributed by atoms with van der Waals surface area (Å²) in [5.41, 5.74) is 0.334. The van der Waals surface area contributed by atoms with Crippen molar-refractivity contribution in [3.05, 3.63) is 59.7 Å². The van der Waals surface area contributed by atoms with Crippen LogP contribution in [0.2, 0.25) is 0 Å². The standard InChI is InChI=1S/C21H24N2O7S2/c24-21(17-3-1-5-19(15-17)31(25,26)22-7-11-29-12-8-22)18-4-2-6-20(16-18)32(27,28)23-9-13-30-14-10-23/h1-6,15-16H,7-14H2. The van der Waals surface area contributed by atoms with Crippen LogP contribution in [0.5, 0.6) is 0 Å². The Balaban J connectivity index is 1.61. The topological polar surface area (TPSA) is 110 Å². The molecule has 0 bridgehead atoms. The van der Waals surface area contributed by atoms with Gasteiger partial charge in [0.15, 0.2) is 5.78 Å². The molecule has 2 aromatic carbocycles. The van der Waals surface area contributed by atoms with Crippen LogP contribution in [0.4, 0.5) is 0 Å². The lowest BCUT2D eigenvalue weighted by atomic mass is 10.0. The van der Waals surface area contributed by atoms with Crippen LogP contribution < -0.4 is 0 Å². The third kappa shape index (κ3) is 4.63. The van der Waals surface area contributed by atoms with E-state index in [1.807, 2.05) is 0 Å². The first-order valence-corrected chi connectivity index (χ1v) is 13.1. The Morgan fingerprint density at radius 1 is 0.656 bits per heavy atom. The molecule has 0 amide bonds. The number of hydrogen-bond acceptors (Lipinski definition) is 7. The molecule has 0 spiro atoms. The highest BCUT2D eigenvalue weighted by Crippen LogP contribution is 2.22. The van der Waals surface area contributed by atoms with Crippen molar-refractivity contribution in [2.75, 3.05) is 52.6 Å². The molecule has 11 heteroatoms. The molecule has 0 aromatic heterocycles. The summed E-state index contributed by atoms with van der Waals surface area (Å²) in [4.78, 5) is 13.1. The highest BCUT2D eigenvalue weighted by Gasteiger charge is 2.28. The second-order valence-corrected chi connectivity index (χ2v) is 11.3. The summed E-state index contributed by atoms with van der Waals surface area (Å²) in [5, 5.41) is 0. The predicted molar refractivity (Wildman–Crippen MR) is 115 cm³/mol. The second-order valence-electron chi connectivity index (χ2n) is 7.42. The predicted octanol–water partition coefficient (Wildman–Crippen LogP) is 0.959. The van der Waals surface area contributed by atoms with Crippen LogP contribution in [0.3, 0.4) is 0 Å². The number of carbonyl (C=O) groups is 1. The minimum absolute atomic E-state index is 0.0161. The van der Waals surface area contributed by atoms with E-state index in [0.717, 1.165) is 0 Å². The van der Waals surface area contributed by atoms with Crippen LogP contribution in [0, 0.1) is 0 Å². The lowest BCUT2D eigenvalue weighted by molar-refractivity contribution is 0.0730. The van der Waals surface area contributed by atoms with Gasteiger partial charge in [-0.25, -0.2) is 16.8 Å². The van der Waals surface area contributed by atoms with E-state index in [0.29, 0.717) is 26.4 Å². The molecule has 2 aliphatic heterocycles. The van der Waals surface area contributed by atoms with E-state index in [-0.39, 0.29) is 47.1 Å². The number of ether oxygens (including phenoxy) is 2. The first kappa shape index (κ1) is 23.0. The van der Waals surface area contributed by atoms with Crippen molar-refractivity contribution >= 4 is 25.8 Å². The SMILES string of the molecule is O=C(c1cccc(S(=O)(=O)N2CCOCC2)c1)c1cccc(S(=O)(=O)N2CCOCC2)c1. The molecule has 0 N–H and O–H groups in total. The number of carbonyl (C=O) groups excluding carboxylic acids is 1. The number of nitrogens with zero attached hydrogens (tertiary/aromatic N) is 2. The summed E-state index contributed by atoms with van der Waals surface area (Å²) in [5.74, 6) is -0.456. The molecule has 32 heavy (non-hydrogen) atoms. The number of sulfonamides is 2. The maximum Gasteiger partial charge on any atom is 0.243 e. The van der Waals surface area contributed by atoms with Crippen LogP contribution in [0.1, 0.15) is 15.9 Å². The average molecular weight is 481 g/mol. The minimum Gasteiger partial charge on any atom is -0.379 e. The molecule has 2 aliphatic rings. The largest absolute Gasteiger partial charge is 0.379 e. The average Bonchev–Trinajstić information content (AvgIpc) is 2.85. The lowest BCUT2D eigenvalue weighted by Crippen LogP contribution is -2.40. The van der Waals surface area contributed by atoms with Gasteiger partial charge in [0, 0.05) is 37.3 Å². The molecule has 0 radical (unpaired) electrons. The zero-order valence-electron chi connectivity index (χ0n) is 17.3. The molecule has 2 fully saturated rings. The van der Waals surface area contributed by atoms with Crippen LogP contribution in [0.25, 0.3) is 0 Å². The summed E-state index contributed by atoms with van der Waals surface area (Å²) in [6.07, 6.45) is 0. The van der Waals surface area contributed by atoms with Crippen molar-refractivity contribution < 1.29 is 31.1 Å². The summed E-state index contributed by atoms with van der Waals surface area (Å²) in [7, 11) is -7.52. The van der Waals surface area contributed by atoms with Crippen molar-refractivity contribution in [2.24, 2.45) is 0 Å². The second kappa shape index (κ2) is 9.38. The van der Waals surface area contributed by atoms with Crippen molar-refractivity contribution in [1.82, 2.24) is 8.61 Å². The Bertz CT molecular complexity index is 1110. The Morgan fingerprint density at radius 3 is 1.41 bits per heavy atom. The molecule has 9 nitrogen and oxygen atoms in total. The fourth-order valence-electron chi connectivity index (χ4n) is 3.63. The smallest absolute Gasteiger partial charge is 0.243 e. The fourth-order valence-corrected chi connectivity index (χ4v) is 6.54. The molecular weight excluding hydrogens is 456 g/mol. The highest BCUT2D eigenvalue weighted by atomic mass is 32.2. The highest BCUT2D eigenvalue weighted by molar-refractivity contribution is 7.89. The molecule has 0 atom stereocenters. The zero-order valence-corrected chi connectivity index (χ0v) is 19.0. The van der Waals surface area contributed by atoms with Gasteiger partial charge >= 0.3 is 0 Å². The zero-order chi connectivity index (χ0) is 22.8. The van der Waals surface area contributed by atoms with Gasteiger partial charge in [-0.1, -0.05) is 24.3 Å². The summed E-state index contributed by atoms with van der Waals surface area (Å²) < 4.78 is 64.8. The molecule has 2 aromatic rings. The quantitative estimate of drug-likeness (QED) is 0.567. The number of rotatable bonds is 6. The van der Waals surface area contributed by atoms with Gasteiger partial charge in [0.25, 0.3) is 0 Å². The third-order valence-electron chi connectivity index (χ3n) is 5.41. The minimum atomic E-state index is -3.76. The molecule has 172 valence electrons. The maximum absolute atomic E-state index is 13.1. The van der Waals surface area contributed by atoms with E-state index in [2.05, 4.69) is 0 Å². The van der Waals surface area contributed by atoms with Gasteiger partial charge < -0.3 is 9.47 Å². The first-order chi connectivity index (χ1) is 15.3. The van der Waals surface area contributed by atoms with Gasteiger partial charge in [0.05, 0.1) is 36.2 Å². The van der Waals surface area contributed by atoms with Gasteiger partial charge in [-0.05, 0) is 24.3 Å². The van der Waals surface area contributed by atoms with Crippen LogP contribution >= 0.6 is 0 Å². The number of benzene rings is 2. The van der Waals surface area contributed by atoms with Crippen LogP contribution in [-0.4, -0.2) is 83.8 Å². The van der Waals surface area contributed by atoms with E-state index in [1.165, 1.54) is 57.1 Å². The van der Waals surface area contributed by atoms with Crippen molar-refractivity contribution in [3.63, 3.8) is 0 Å². The van der Waals surface area contributed by atoms with Gasteiger partial charge in [-0.15, -0.1) is 0 Å². The maximum atomic E-state index is 13.1. The first-order valence-electron chi connectivity index (χ1n) is 10.2. The lowest BCUT2D eigenvalue weighted by Gasteiger charge is -2.26. The van der Waals surface area contributed by atoms with Crippen LogP contribution in [0.15, 0.2) is 58.3 Å². The van der Waals surface area contributed by atoms with Gasteiger partial charge in [-0.2, -0.15) is 8.61 Å². The number of hydrogen-bond donors (Lipinski definition) is 0. The van der Waals surface area contributed by atoms with E-state index in [9.17, 15) is 21.6 Å². The molecular formula is C21H24N2O7S2. The number of ketones is 1. The summed E-state index contributed by atoms with van der Waals surface area (Å²) >= 11 is 0. The van der Waals surface area contributed by atoms with Crippen molar-refractivity contribution in [1.29, 1.82) is 0 Å². The molecule has 2 heterocycles. The Kier molecular flexibility index (Phi) is 6.75. The van der Waals surface area contributed by atoms with Gasteiger partial charge in [0.2, 0.25) is 20.0 Å². The fraction of sp³-hybridized carbons (Fsp3) is 0.381. The third-order valence-corrected chi connectivity index (χ3v) is 9.20.